The van der Waals surface area contributed by atoms with Crippen molar-refractivity contribution in [3.63, 3.8) is 0 Å². The van der Waals surface area contributed by atoms with Crippen molar-refractivity contribution < 1.29 is 22.7 Å². The average Bonchev–Trinajstić information content (AvgIpc) is 2.53. The van der Waals surface area contributed by atoms with Crippen molar-refractivity contribution in [2.45, 2.75) is 46.1 Å². The lowest BCUT2D eigenvalue weighted by atomic mass is 10.1. The molecular weight excluding hydrogens is 309 g/mol. The Bertz CT molecular complexity index is 538. The molecule has 0 amide bonds. The van der Waals surface area contributed by atoms with Gasteiger partial charge in [-0.1, -0.05) is 26.0 Å². The minimum Gasteiger partial charge on any atom is -0.480 e. The number of carboxylic acid groups (broad SMARTS) is 1. The Hall–Kier alpha value is -1.47. The molecule has 0 saturated carbocycles. The van der Waals surface area contributed by atoms with Crippen LogP contribution in [0.25, 0.3) is 0 Å². The maximum absolute atomic E-state index is 13.3. The molecule has 22 heavy (non-hydrogen) atoms. The Balaban J connectivity index is 0.00000211. The molecule has 1 heterocycles. The second-order valence-electron chi connectivity index (χ2n) is 4.39. The fourth-order valence-electron chi connectivity index (χ4n) is 1.93. The van der Waals surface area contributed by atoms with Gasteiger partial charge >= 0.3 is 5.97 Å². The Morgan fingerprint density at radius 1 is 1.32 bits per heavy atom. The summed E-state index contributed by atoms with van der Waals surface area (Å²) in [6.07, 6.45) is 6.54. The SMILES string of the molecule is CC.C\C=C/C=C(F)\C=C\S(=O)(=O)N1CCCCC1C(=O)O. The molecule has 1 atom stereocenters. The molecule has 0 aromatic carbocycles. The summed E-state index contributed by atoms with van der Waals surface area (Å²) in [7, 11) is -3.93. The second kappa shape index (κ2) is 10.3. The van der Waals surface area contributed by atoms with Crippen LogP contribution in [0.4, 0.5) is 4.39 Å². The van der Waals surface area contributed by atoms with Gasteiger partial charge in [0.15, 0.2) is 0 Å². The maximum Gasteiger partial charge on any atom is 0.322 e. The topological polar surface area (TPSA) is 74.7 Å². The van der Waals surface area contributed by atoms with Gasteiger partial charge in [0.1, 0.15) is 11.9 Å². The summed E-state index contributed by atoms with van der Waals surface area (Å²) >= 11 is 0. The van der Waals surface area contributed by atoms with E-state index in [4.69, 9.17) is 5.11 Å². The summed E-state index contributed by atoms with van der Waals surface area (Å²) in [5.74, 6) is -1.89. The first-order chi connectivity index (χ1) is 10.4. The van der Waals surface area contributed by atoms with Crippen molar-refractivity contribution in [3.8, 4) is 0 Å². The molecule has 1 N–H and O–H groups in total. The quantitative estimate of drug-likeness (QED) is 0.784. The Labute approximate surface area is 131 Å². The monoisotopic (exact) mass is 333 g/mol. The minimum absolute atomic E-state index is 0.143. The highest BCUT2D eigenvalue weighted by Gasteiger charge is 2.35. The number of allylic oxidation sites excluding steroid dienone is 5. The Morgan fingerprint density at radius 3 is 2.50 bits per heavy atom. The molecule has 1 aliphatic rings. The standard InChI is InChI=1S/C13H18FNO4S.C2H6/c1-2-3-6-11(14)8-10-20(18,19)15-9-5-4-7-12(15)13(16)17;1-2/h2-3,6,8,10,12H,4-5,7,9H2,1H3,(H,16,17);1-2H3/b3-2-,10-8+,11-6+;. The van der Waals surface area contributed by atoms with Crippen LogP contribution in [0.15, 0.2) is 35.5 Å². The lowest BCUT2D eigenvalue weighted by Crippen LogP contribution is -2.47. The fraction of sp³-hybridized carbons (Fsp3) is 0.533. The average molecular weight is 333 g/mol. The van der Waals surface area contributed by atoms with Crippen LogP contribution in [0.5, 0.6) is 0 Å². The van der Waals surface area contributed by atoms with Gasteiger partial charge in [-0.15, -0.1) is 0 Å². The molecule has 1 rings (SSSR count). The normalized spacial score (nSPS) is 20.9. The van der Waals surface area contributed by atoms with Gasteiger partial charge < -0.3 is 5.11 Å². The minimum atomic E-state index is -3.93. The van der Waals surface area contributed by atoms with Crippen LogP contribution in [0.1, 0.15) is 40.0 Å². The van der Waals surface area contributed by atoms with Gasteiger partial charge in [0.2, 0.25) is 10.0 Å². The van der Waals surface area contributed by atoms with Crippen LogP contribution in [0.3, 0.4) is 0 Å². The number of halogens is 1. The third-order valence-corrected chi connectivity index (χ3v) is 4.48. The van der Waals surface area contributed by atoms with E-state index in [9.17, 15) is 17.6 Å². The zero-order chi connectivity index (χ0) is 17.2. The third kappa shape index (κ3) is 6.53. The zero-order valence-electron chi connectivity index (χ0n) is 13.2. The van der Waals surface area contributed by atoms with Crippen molar-refractivity contribution in [2.75, 3.05) is 6.54 Å². The first-order valence-electron chi connectivity index (χ1n) is 7.29. The molecule has 1 unspecified atom stereocenters. The summed E-state index contributed by atoms with van der Waals surface area (Å²) in [5.41, 5.74) is 0. The van der Waals surface area contributed by atoms with E-state index in [0.717, 1.165) is 16.5 Å². The summed E-state index contributed by atoms with van der Waals surface area (Å²) in [5, 5.41) is 9.75. The van der Waals surface area contributed by atoms with Gasteiger partial charge in [-0.25, -0.2) is 12.8 Å². The van der Waals surface area contributed by atoms with Crippen LogP contribution in [0, 0.1) is 0 Å². The molecule has 0 aliphatic carbocycles. The highest BCUT2D eigenvalue weighted by Crippen LogP contribution is 2.22. The summed E-state index contributed by atoms with van der Waals surface area (Å²) in [6, 6.07) is -1.07. The largest absolute Gasteiger partial charge is 0.480 e. The van der Waals surface area contributed by atoms with Crippen molar-refractivity contribution >= 4 is 16.0 Å². The predicted octanol–water partition coefficient (Wildman–Crippen LogP) is 3.22. The van der Waals surface area contributed by atoms with Crippen LogP contribution in [-0.4, -0.2) is 36.4 Å². The molecule has 1 saturated heterocycles. The van der Waals surface area contributed by atoms with E-state index in [0.29, 0.717) is 18.2 Å². The van der Waals surface area contributed by atoms with Gasteiger partial charge in [-0.3, -0.25) is 4.79 Å². The number of piperidine rings is 1. The van der Waals surface area contributed by atoms with E-state index < -0.39 is 27.9 Å². The highest BCUT2D eigenvalue weighted by atomic mass is 32.2. The molecule has 5 nitrogen and oxygen atoms in total. The molecular formula is C15H24FNO4S. The molecule has 0 spiro atoms. The van der Waals surface area contributed by atoms with Crippen LogP contribution < -0.4 is 0 Å². The second-order valence-corrected chi connectivity index (χ2v) is 6.16. The van der Waals surface area contributed by atoms with E-state index in [1.807, 2.05) is 13.8 Å². The van der Waals surface area contributed by atoms with E-state index in [1.165, 1.54) is 6.08 Å². The molecule has 0 radical (unpaired) electrons. The van der Waals surface area contributed by atoms with E-state index in [2.05, 4.69) is 0 Å². The maximum atomic E-state index is 13.3. The molecule has 0 bridgehead atoms. The molecule has 0 aromatic rings. The van der Waals surface area contributed by atoms with Crippen LogP contribution >= 0.6 is 0 Å². The molecule has 0 aromatic heterocycles. The van der Waals surface area contributed by atoms with E-state index in [1.54, 1.807) is 13.0 Å². The van der Waals surface area contributed by atoms with Crippen molar-refractivity contribution in [1.29, 1.82) is 0 Å². The summed E-state index contributed by atoms with van der Waals surface area (Å²) in [6.45, 7) is 5.85. The third-order valence-electron chi connectivity index (χ3n) is 2.91. The summed E-state index contributed by atoms with van der Waals surface area (Å²) in [4.78, 5) is 11.1. The fourth-order valence-corrected chi connectivity index (χ4v) is 3.32. The van der Waals surface area contributed by atoms with Gasteiger partial charge in [-0.05, 0) is 38.3 Å². The smallest absolute Gasteiger partial charge is 0.322 e. The molecule has 126 valence electrons. The molecule has 7 heteroatoms. The lowest BCUT2D eigenvalue weighted by molar-refractivity contribution is -0.142. The molecule has 1 aliphatic heterocycles. The van der Waals surface area contributed by atoms with Gasteiger partial charge in [0, 0.05) is 12.0 Å². The highest BCUT2D eigenvalue weighted by molar-refractivity contribution is 7.92. The number of aliphatic carboxylic acids is 1. The lowest BCUT2D eigenvalue weighted by Gasteiger charge is -2.30. The Kier molecular flexibility index (Phi) is 9.60. The predicted molar refractivity (Wildman–Crippen MR) is 85.4 cm³/mol. The van der Waals surface area contributed by atoms with Crippen molar-refractivity contribution in [1.82, 2.24) is 4.31 Å². The number of carbonyl (C=O) groups is 1. The number of carboxylic acids is 1. The molecule has 1 fully saturated rings. The van der Waals surface area contributed by atoms with E-state index >= 15 is 0 Å². The summed E-state index contributed by atoms with van der Waals surface area (Å²) < 4.78 is 38.3. The van der Waals surface area contributed by atoms with Gasteiger partial charge in [0.05, 0.1) is 0 Å². The zero-order valence-corrected chi connectivity index (χ0v) is 14.0. The number of nitrogens with zero attached hydrogens (tertiary/aromatic N) is 1. The van der Waals surface area contributed by atoms with Gasteiger partial charge in [0.25, 0.3) is 0 Å². The number of sulfonamides is 1. The van der Waals surface area contributed by atoms with Crippen LogP contribution in [0.2, 0.25) is 0 Å². The number of rotatable bonds is 5. The Morgan fingerprint density at radius 2 is 1.95 bits per heavy atom. The van der Waals surface area contributed by atoms with Crippen molar-refractivity contribution in [3.05, 3.63) is 35.5 Å². The van der Waals surface area contributed by atoms with Crippen molar-refractivity contribution in [2.24, 2.45) is 0 Å². The number of hydrogen-bond donors (Lipinski definition) is 1. The van der Waals surface area contributed by atoms with Gasteiger partial charge in [-0.2, -0.15) is 4.31 Å². The first-order valence-corrected chi connectivity index (χ1v) is 8.80. The first kappa shape index (κ1) is 20.5. The van der Waals surface area contributed by atoms with Crippen LogP contribution in [-0.2, 0) is 14.8 Å². The van der Waals surface area contributed by atoms with E-state index in [-0.39, 0.29) is 13.0 Å². The number of hydrogen-bond acceptors (Lipinski definition) is 3.